The summed E-state index contributed by atoms with van der Waals surface area (Å²) in [5.74, 6) is 0.181. The van der Waals surface area contributed by atoms with E-state index >= 15 is 0 Å². The summed E-state index contributed by atoms with van der Waals surface area (Å²) >= 11 is 5.94. The molecule has 0 radical (unpaired) electrons. The van der Waals surface area contributed by atoms with Crippen molar-refractivity contribution < 1.29 is 9.21 Å². The molecular formula is C17H14ClN3O2. The number of benzene rings is 1. The molecule has 0 amide bonds. The minimum Gasteiger partial charge on any atom is -0.414 e. The van der Waals surface area contributed by atoms with Crippen molar-refractivity contribution in [3.63, 3.8) is 0 Å². The van der Waals surface area contributed by atoms with E-state index in [4.69, 9.17) is 16.0 Å². The van der Waals surface area contributed by atoms with E-state index in [1.54, 1.807) is 24.5 Å². The van der Waals surface area contributed by atoms with Gasteiger partial charge in [0.25, 0.3) is 5.89 Å². The van der Waals surface area contributed by atoms with Crippen LogP contribution in [-0.2, 0) is 6.42 Å². The summed E-state index contributed by atoms with van der Waals surface area (Å²) in [5.41, 5.74) is 1.80. The summed E-state index contributed by atoms with van der Waals surface area (Å²) in [5, 5.41) is 8.41. The molecule has 0 saturated carbocycles. The molecule has 0 bridgehead atoms. The first kappa shape index (κ1) is 15.4. The first-order valence-electron chi connectivity index (χ1n) is 7.24. The van der Waals surface area contributed by atoms with Gasteiger partial charge in [-0.1, -0.05) is 23.7 Å². The van der Waals surface area contributed by atoms with E-state index in [0.29, 0.717) is 29.3 Å². The Labute approximate surface area is 138 Å². The molecule has 6 heteroatoms. The zero-order chi connectivity index (χ0) is 16.1. The van der Waals surface area contributed by atoms with Crippen LogP contribution in [0.2, 0.25) is 5.02 Å². The van der Waals surface area contributed by atoms with Crippen molar-refractivity contribution in [2.24, 2.45) is 0 Å². The van der Waals surface area contributed by atoms with Crippen molar-refractivity contribution in [2.75, 3.05) is 0 Å². The zero-order valence-corrected chi connectivity index (χ0v) is 13.0. The molecule has 0 atom stereocenters. The standard InChI is InChI=1S/C17H14ClN3O2/c18-14-7-1-4-12(10-14)5-2-8-15(22)17-21-20-16(23-17)13-6-3-9-19-11-13/h1,3-4,6-7,9-11H,2,5,8H2. The molecule has 116 valence electrons. The van der Waals surface area contributed by atoms with Crippen LogP contribution in [0.5, 0.6) is 0 Å². The van der Waals surface area contributed by atoms with Crippen LogP contribution in [0.1, 0.15) is 29.1 Å². The molecule has 3 rings (SSSR count). The summed E-state index contributed by atoms with van der Waals surface area (Å²) < 4.78 is 5.42. The van der Waals surface area contributed by atoms with Crippen LogP contribution in [0.25, 0.3) is 11.5 Å². The number of hydrogen-bond donors (Lipinski definition) is 0. The normalized spacial score (nSPS) is 10.7. The highest BCUT2D eigenvalue weighted by Crippen LogP contribution is 2.18. The van der Waals surface area contributed by atoms with Gasteiger partial charge < -0.3 is 4.42 Å². The minimum atomic E-state index is -0.158. The largest absolute Gasteiger partial charge is 0.414 e. The Morgan fingerprint density at radius 2 is 2.09 bits per heavy atom. The Hall–Kier alpha value is -2.53. The molecule has 2 aromatic heterocycles. The average molecular weight is 328 g/mol. The van der Waals surface area contributed by atoms with Crippen LogP contribution in [0.15, 0.2) is 53.2 Å². The number of carbonyl (C=O) groups excluding carboxylic acids is 1. The first-order chi connectivity index (χ1) is 11.2. The molecule has 0 fully saturated rings. The average Bonchev–Trinajstić information content (AvgIpc) is 3.06. The second-order valence-electron chi connectivity index (χ2n) is 5.06. The molecule has 23 heavy (non-hydrogen) atoms. The molecule has 0 N–H and O–H groups in total. The lowest BCUT2D eigenvalue weighted by Gasteiger charge is -2.00. The van der Waals surface area contributed by atoms with Crippen molar-refractivity contribution in [2.45, 2.75) is 19.3 Å². The third-order valence-corrected chi connectivity index (χ3v) is 3.57. The van der Waals surface area contributed by atoms with E-state index in [1.165, 1.54) is 0 Å². The summed E-state index contributed by atoms with van der Waals surface area (Å²) in [6.07, 6.45) is 5.09. The van der Waals surface area contributed by atoms with E-state index in [2.05, 4.69) is 15.2 Å². The fourth-order valence-corrected chi connectivity index (χ4v) is 2.41. The van der Waals surface area contributed by atoms with Crippen LogP contribution in [-0.4, -0.2) is 21.0 Å². The van der Waals surface area contributed by atoms with Crippen molar-refractivity contribution in [3.05, 3.63) is 65.3 Å². The Morgan fingerprint density at radius 1 is 1.17 bits per heavy atom. The molecule has 0 spiro atoms. The fraction of sp³-hybridized carbons (Fsp3) is 0.176. The number of carbonyl (C=O) groups is 1. The van der Waals surface area contributed by atoms with Gasteiger partial charge in [-0.25, -0.2) is 0 Å². The highest BCUT2D eigenvalue weighted by molar-refractivity contribution is 6.30. The molecule has 0 saturated heterocycles. The Morgan fingerprint density at radius 3 is 2.87 bits per heavy atom. The van der Waals surface area contributed by atoms with Crippen molar-refractivity contribution in [3.8, 4) is 11.5 Å². The van der Waals surface area contributed by atoms with Gasteiger partial charge in [-0.15, -0.1) is 10.2 Å². The predicted molar refractivity (Wildman–Crippen MR) is 86.2 cm³/mol. The maximum absolute atomic E-state index is 12.1. The van der Waals surface area contributed by atoms with Crippen LogP contribution in [0.4, 0.5) is 0 Å². The molecule has 0 aliphatic carbocycles. The predicted octanol–water partition coefficient (Wildman–Crippen LogP) is 3.99. The molecule has 1 aromatic carbocycles. The van der Waals surface area contributed by atoms with Gasteiger partial charge in [0.1, 0.15) is 0 Å². The van der Waals surface area contributed by atoms with Gasteiger partial charge >= 0.3 is 0 Å². The number of pyridine rings is 1. The zero-order valence-electron chi connectivity index (χ0n) is 12.3. The van der Waals surface area contributed by atoms with Crippen molar-refractivity contribution >= 4 is 17.4 Å². The smallest absolute Gasteiger partial charge is 0.284 e. The Balaban J connectivity index is 1.58. The molecular weight excluding hydrogens is 314 g/mol. The summed E-state index contributed by atoms with van der Waals surface area (Å²) in [6, 6.07) is 11.2. The van der Waals surface area contributed by atoms with Crippen LogP contribution in [0, 0.1) is 0 Å². The lowest BCUT2D eigenvalue weighted by Crippen LogP contribution is -2.00. The molecule has 2 heterocycles. The maximum Gasteiger partial charge on any atom is 0.284 e. The van der Waals surface area contributed by atoms with E-state index < -0.39 is 0 Å². The minimum absolute atomic E-state index is 0.0370. The fourth-order valence-electron chi connectivity index (χ4n) is 2.19. The lowest BCUT2D eigenvalue weighted by atomic mass is 10.1. The van der Waals surface area contributed by atoms with Crippen LogP contribution in [0.3, 0.4) is 0 Å². The van der Waals surface area contributed by atoms with E-state index in [-0.39, 0.29) is 11.7 Å². The molecule has 3 aromatic rings. The van der Waals surface area contributed by atoms with Crippen molar-refractivity contribution in [1.82, 2.24) is 15.2 Å². The molecule has 0 aliphatic rings. The maximum atomic E-state index is 12.1. The monoisotopic (exact) mass is 327 g/mol. The second-order valence-corrected chi connectivity index (χ2v) is 5.50. The number of ketones is 1. The van der Waals surface area contributed by atoms with E-state index in [1.807, 2.05) is 24.3 Å². The summed E-state index contributed by atoms with van der Waals surface area (Å²) in [6.45, 7) is 0. The number of rotatable bonds is 6. The highest BCUT2D eigenvalue weighted by atomic mass is 35.5. The van der Waals surface area contributed by atoms with E-state index in [9.17, 15) is 4.79 Å². The topological polar surface area (TPSA) is 68.9 Å². The molecule has 0 aliphatic heterocycles. The Kier molecular flexibility index (Phi) is 4.78. The van der Waals surface area contributed by atoms with Gasteiger partial charge in [0.2, 0.25) is 11.7 Å². The van der Waals surface area contributed by atoms with E-state index in [0.717, 1.165) is 12.0 Å². The molecule has 0 unspecified atom stereocenters. The number of nitrogens with zero attached hydrogens (tertiary/aromatic N) is 3. The van der Waals surface area contributed by atoms with Gasteiger partial charge in [-0.05, 0) is 42.7 Å². The van der Waals surface area contributed by atoms with Gasteiger partial charge in [0, 0.05) is 23.8 Å². The second kappa shape index (κ2) is 7.15. The highest BCUT2D eigenvalue weighted by Gasteiger charge is 2.15. The third-order valence-electron chi connectivity index (χ3n) is 3.33. The SMILES string of the molecule is O=C(CCCc1cccc(Cl)c1)c1nnc(-c2cccnc2)o1. The summed E-state index contributed by atoms with van der Waals surface area (Å²) in [4.78, 5) is 16.1. The summed E-state index contributed by atoms with van der Waals surface area (Å²) in [7, 11) is 0. The quantitative estimate of drug-likeness (QED) is 0.640. The first-order valence-corrected chi connectivity index (χ1v) is 7.62. The van der Waals surface area contributed by atoms with Crippen LogP contribution < -0.4 is 0 Å². The molecule has 5 nitrogen and oxygen atoms in total. The van der Waals surface area contributed by atoms with Gasteiger partial charge in [0.05, 0.1) is 5.56 Å². The number of hydrogen-bond acceptors (Lipinski definition) is 5. The number of Topliss-reactive ketones (excluding diaryl/α,β-unsaturated/α-hetero) is 1. The van der Waals surface area contributed by atoms with Gasteiger partial charge in [-0.2, -0.15) is 0 Å². The van der Waals surface area contributed by atoms with Crippen molar-refractivity contribution in [1.29, 1.82) is 0 Å². The lowest BCUT2D eigenvalue weighted by molar-refractivity contribution is 0.0947. The third kappa shape index (κ3) is 4.02. The number of halogens is 1. The number of aryl methyl sites for hydroxylation is 1. The Bertz CT molecular complexity index is 802. The van der Waals surface area contributed by atoms with Gasteiger partial charge in [0.15, 0.2) is 0 Å². The number of aromatic nitrogens is 3. The van der Waals surface area contributed by atoms with Crippen LogP contribution >= 0.6 is 11.6 Å². The van der Waals surface area contributed by atoms with Gasteiger partial charge in [-0.3, -0.25) is 9.78 Å².